The molecule has 0 aliphatic carbocycles. The zero-order valence-electron chi connectivity index (χ0n) is 14.3. The fourth-order valence-electron chi connectivity index (χ4n) is 3.17. The predicted molar refractivity (Wildman–Crippen MR) is 97.7 cm³/mol. The maximum atomic E-state index is 11.9. The zero-order valence-corrected chi connectivity index (χ0v) is 15.0. The molecule has 25 heavy (non-hydrogen) atoms. The first kappa shape index (κ1) is 17.7. The Kier molecular flexibility index (Phi) is 5.89. The van der Waals surface area contributed by atoms with Crippen molar-refractivity contribution in [2.24, 2.45) is 0 Å². The Balaban J connectivity index is 1.79. The highest BCUT2D eigenvalue weighted by atomic mass is 35.5. The summed E-state index contributed by atoms with van der Waals surface area (Å²) in [5.41, 5.74) is 2.30. The third-order valence-electron chi connectivity index (χ3n) is 4.39. The Labute approximate surface area is 153 Å². The van der Waals surface area contributed by atoms with Crippen LogP contribution in [0.5, 0.6) is 0 Å². The number of benzene rings is 1. The summed E-state index contributed by atoms with van der Waals surface area (Å²) < 4.78 is 5.10. The fourth-order valence-corrected chi connectivity index (χ4v) is 3.30. The van der Waals surface area contributed by atoms with Gasteiger partial charge in [0, 0.05) is 43.6 Å². The average molecular weight is 360 g/mol. The lowest BCUT2D eigenvalue weighted by molar-refractivity contribution is 0.0715. The fraction of sp³-hybridized carbons (Fsp3) is 0.368. The largest absolute Gasteiger partial charge is 0.450 e. The van der Waals surface area contributed by atoms with Gasteiger partial charge in [-0.25, -0.2) is 4.79 Å². The number of ether oxygens (including phenoxy) is 1. The third-order valence-corrected chi connectivity index (χ3v) is 4.64. The summed E-state index contributed by atoms with van der Waals surface area (Å²) in [6.07, 6.45) is 3.45. The highest BCUT2D eigenvalue weighted by Crippen LogP contribution is 2.30. The summed E-state index contributed by atoms with van der Waals surface area (Å²) in [6.45, 7) is 5.10. The van der Waals surface area contributed by atoms with Crippen molar-refractivity contribution in [2.45, 2.75) is 13.0 Å². The molecule has 1 atom stereocenters. The molecule has 1 aliphatic rings. The van der Waals surface area contributed by atoms with Gasteiger partial charge >= 0.3 is 6.09 Å². The Bertz CT molecular complexity index is 686. The van der Waals surface area contributed by atoms with Crippen molar-refractivity contribution < 1.29 is 9.53 Å². The van der Waals surface area contributed by atoms with Crippen LogP contribution in [-0.4, -0.2) is 53.7 Å². The van der Waals surface area contributed by atoms with Gasteiger partial charge in [0.05, 0.1) is 12.6 Å². The normalized spacial score (nSPS) is 16.5. The molecule has 0 saturated carbocycles. The van der Waals surface area contributed by atoms with Crippen LogP contribution in [0.25, 0.3) is 0 Å². The van der Waals surface area contributed by atoms with Crippen molar-refractivity contribution >= 4 is 17.7 Å². The van der Waals surface area contributed by atoms with Crippen LogP contribution in [-0.2, 0) is 4.74 Å². The van der Waals surface area contributed by atoms with Crippen LogP contribution in [0.2, 0.25) is 5.02 Å². The molecule has 5 nitrogen and oxygen atoms in total. The highest BCUT2D eigenvalue weighted by Gasteiger charge is 2.28. The van der Waals surface area contributed by atoms with Crippen molar-refractivity contribution in [1.29, 1.82) is 0 Å². The zero-order chi connectivity index (χ0) is 17.6. The monoisotopic (exact) mass is 359 g/mol. The number of carbonyl (C=O) groups is 1. The third kappa shape index (κ3) is 4.30. The number of rotatable bonds is 4. The number of carbonyl (C=O) groups excluding carboxylic acids is 1. The number of hydrogen-bond acceptors (Lipinski definition) is 4. The standard InChI is InChI=1S/C19H22ClN3O2/c1-2-25-19(24)23-12-10-22(11-13-23)18(16-4-3-9-21-14-16)15-5-7-17(20)8-6-15/h3-9,14,18H,2,10-13H2,1H3. The summed E-state index contributed by atoms with van der Waals surface area (Å²) in [7, 11) is 0. The SMILES string of the molecule is CCOC(=O)N1CCN(C(c2ccc(Cl)cc2)c2cccnc2)CC1. The van der Waals surface area contributed by atoms with E-state index in [1.807, 2.05) is 31.3 Å². The maximum absolute atomic E-state index is 11.9. The molecule has 0 bridgehead atoms. The molecule has 132 valence electrons. The number of hydrogen-bond donors (Lipinski definition) is 0. The van der Waals surface area contributed by atoms with Gasteiger partial charge in [-0.3, -0.25) is 9.88 Å². The molecule has 2 aromatic rings. The first-order chi connectivity index (χ1) is 12.2. The minimum atomic E-state index is -0.230. The van der Waals surface area contributed by atoms with E-state index in [1.165, 1.54) is 5.56 Å². The molecule has 1 unspecified atom stereocenters. The van der Waals surface area contributed by atoms with E-state index in [0.717, 1.165) is 23.7 Å². The van der Waals surface area contributed by atoms with Gasteiger partial charge in [-0.2, -0.15) is 0 Å². The number of piperazine rings is 1. The lowest BCUT2D eigenvalue weighted by Crippen LogP contribution is -2.50. The molecular weight excluding hydrogens is 338 g/mol. The van der Waals surface area contributed by atoms with Gasteiger partial charge in [0.15, 0.2) is 0 Å². The number of amides is 1. The topological polar surface area (TPSA) is 45.7 Å². The van der Waals surface area contributed by atoms with Gasteiger partial charge < -0.3 is 9.64 Å². The predicted octanol–water partition coefficient (Wildman–Crippen LogP) is 3.60. The van der Waals surface area contributed by atoms with Crippen LogP contribution < -0.4 is 0 Å². The van der Waals surface area contributed by atoms with Crippen molar-refractivity contribution in [2.75, 3.05) is 32.8 Å². The summed E-state index contributed by atoms with van der Waals surface area (Å²) in [5, 5.41) is 0.723. The van der Waals surface area contributed by atoms with E-state index in [2.05, 4.69) is 28.1 Å². The van der Waals surface area contributed by atoms with Crippen LogP contribution >= 0.6 is 11.6 Å². The number of nitrogens with zero attached hydrogens (tertiary/aromatic N) is 3. The van der Waals surface area contributed by atoms with Crippen LogP contribution in [0.4, 0.5) is 4.79 Å². The van der Waals surface area contributed by atoms with E-state index >= 15 is 0 Å². The lowest BCUT2D eigenvalue weighted by atomic mass is 9.98. The molecule has 1 aliphatic heterocycles. The van der Waals surface area contributed by atoms with Crippen molar-refractivity contribution in [3.8, 4) is 0 Å². The number of halogens is 1. The minimum absolute atomic E-state index is 0.0929. The van der Waals surface area contributed by atoms with E-state index in [1.54, 1.807) is 11.1 Å². The molecule has 1 fully saturated rings. The van der Waals surface area contributed by atoms with E-state index in [0.29, 0.717) is 19.7 Å². The summed E-state index contributed by atoms with van der Waals surface area (Å²) >= 11 is 6.05. The molecule has 0 spiro atoms. The van der Waals surface area contributed by atoms with Crippen molar-refractivity contribution in [3.63, 3.8) is 0 Å². The van der Waals surface area contributed by atoms with E-state index < -0.39 is 0 Å². The second-order valence-corrected chi connectivity index (χ2v) is 6.40. The van der Waals surface area contributed by atoms with Crippen LogP contribution in [0.15, 0.2) is 48.8 Å². The van der Waals surface area contributed by atoms with Gasteiger partial charge in [0.2, 0.25) is 0 Å². The van der Waals surface area contributed by atoms with Gasteiger partial charge in [-0.1, -0.05) is 29.8 Å². The average Bonchev–Trinajstić information content (AvgIpc) is 2.65. The van der Waals surface area contributed by atoms with Crippen LogP contribution in [0.1, 0.15) is 24.1 Å². The Morgan fingerprint density at radius 3 is 2.48 bits per heavy atom. The second-order valence-electron chi connectivity index (χ2n) is 5.96. The maximum Gasteiger partial charge on any atom is 0.409 e. The molecule has 0 radical (unpaired) electrons. The molecule has 6 heteroatoms. The Hall–Kier alpha value is -2.11. The quantitative estimate of drug-likeness (QED) is 0.836. The van der Waals surface area contributed by atoms with E-state index in [4.69, 9.17) is 16.3 Å². The second kappa shape index (κ2) is 8.32. The van der Waals surface area contributed by atoms with Crippen molar-refractivity contribution in [3.05, 3.63) is 64.9 Å². The van der Waals surface area contributed by atoms with Gasteiger partial charge in [-0.05, 0) is 36.2 Å². The summed E-state index contributed by atoms with van der Waals surface area (Å²) in [6, 6.07) is 12.1. The summed E-state index contributed by atoms with van der Waals surface area (Å²) in [4.78, 5) is 20.3. The molecule has 1 saturated heterocycles. The molecule has 3 rings (SSSR count). The Morgan fingerprint density at radius 2 is 1.88 bits per heavy atom. The summed E-state index contributed by atoms with van der Waals surface area (Å²) in [5.74, 6) is 0. The first-order valence-corrected chi connectivity index (χ1v) is 8.88. The molecule has 0 N–H and O–H groups in total. The Morgan fingerprint density at radius 1 is 1.16 bits per heavy atom. The lowest BCUT2D eigenvalue weighted by Gasteiger charge is -2.39. The van der Waals surface area contributed by atoms with Gasteiger partial charge in [0.25, 0.3) is 0 Å². The van der Waals surface area contributed by atoms with Gasteiger partial charge in [-0.15, -0.1) is 0 Å². The molecule has 1 aromatic heterocycles. The smallest absolute Gasteiger partial charge is 0.409 e. The molecular formula is C19H22ClN3O2. The number of pyridine rings is 1. The molecule has 2 heterocycles. The van der Waals surface area contributed by atoms with Gasteiger partial charge in [0.1, 0.15) is 0 Å². The molecule has 1 amide bonds. The van der Waals surface area contributed by atoms with Crippen molar-refractivity contribution in [1.82, 2.24) is 14.8 Å². The number of aromatic nitrogens is 1. The van der Waals surface area contributed by atoms with Crippen LogP contribution in [0, 0.1) is 0 Å². The highest BCUT2D eigenvalue weighted by molar-refractivity contribution is 6.30. The molecule has 1 aromatic carbocycles. The van der Waals surface area contributed by atoms with E-state index in [-0.39, 0.29) is 12.1 Å². The minimum Gasteiger partial charge on any atom is -0.450 e. The first-order valence-electron chi connectivity index (χ1n) is 8.50. The van der Waals surface area contributed by atoms with Crippen LogP contribution in [0.3, 0.4) is 0 Å². The van der Waals surface area contributed by atoms with E-state index in [9.17, 15) is 4.79 Å².